The molecule has 7 heteroatoms. The van der Waals surface area contributed by atoms with E-state index in [1.807, 2.05) is 42.5 Å². The molecule has 30 heavy (non-hydrogen) atoms. The molecule has 0 spiro atoms. The topological polar surface area (TPSA) is 76.0 Å². The van der Waals surface area contributed by atoms with E-state index >= 15 is 0 Å². The number of phenols is 1. The second-order valence-electron chi connectivity index (χ2n) is 6.48. The normalized spacial score (nSPS) is 10.6. The van der Waals surface area contributed by atoms with Gasteiger partial charge in [-0.2, -0.15) is 0 Å². The zero-order chi connectivity index (χ0) is 21.5. The number of hydrogen-bond donors (Lipinski definition) is 2. The summed E-state index contributed by atoms with van der Waals surface area (Å²) in [4.78, 5) is 10.9. The van der Waals surface area contributed by atoms with Crippen LogP contribution >= 0.6 is 23.2 Å². The summed E-state index contributed by atoms with van der Waals surface area (Å²) in [5, 5.41) is 19.5. The molecule has 0 fully saturated rings. The minimum absolute atomic E-state index is 0.0766. The SMILES string of the molecule is O=Cc1cc(Cl)c(OCc2cccc(-c3cccc(OCCCO)c3)c2Cl)cc1O. The van der Waals surface area contributed by atoms with Gasteiger partial charge < -0.3 is 19.7 Å². The van der Waals surface area contributed by atoms with E-state index in [9.17, 15) is 9.90 Å². The number of hydrogen-bond acceptors (Lipinski definition) is 5. The van der Waals surface area contributed by atoms with Crippen molar-refractivity contribution in [1.29, 1.82) is 0 Å². The second-order valence-corrected chi connectivity index (χ2v) is 7.27. The second kappa shape index (κ2) is 10.3. The molecule has 0 unspecified atom stereocenters. The Labute approximate surface area is 184 Å². The van der Waals surface area contributed by atoms with Gasteiger partial charge >= 0.3 is 0 Å². The molecule has 0 aliphatic carbocycles. The Kier molecular flexibility index (Phi) is 7.57. The van der Waals surface area contributed by atoms with Crippen molar-refractivity contribution in [1.82, 2.24) is 0 Å². The quantitative estimate of drug-likeness (QED) is 0.334. The van der Waals surface area contributed by atoms with Gasteiger partial charge in [0.25, 0.3) is 0 Å². The standard InChI is InChI=1S/C23H20Cl2O5/c24-20-11-17(13-27)21(28)12-22(20)30-14-16-5-2-7-19(23(16)25)15-4-1-6-18(10-15)29-9-3-8-26/h1-2,4-7,10-13,26,28H,3,8-9,14H2. The van der Waals surface area contributed by atoms with Crippen LogP contribution in [0.1, 0.15) is 22.3 Å². The number of aliphatic hydroxyl groups is 1. The van der Waals surface area contributed by atoms with Gasteiger partial charge in [0.2, 0.25) is 0 Å². The van der Waals surface area contributed by atoms with Crippen molar-refractivity contribution in [3.8, 4) is 28.4 Å². The van der Waals surface area contributed by atoms with Gasteiger partial charge in [0.15, 0.2) is 6.29 Å². The summed E-state index contributed by atoms with van der Waals surface area (Å²) in [6.07, 6.45) is 1.08. The lowest BCUT2D eigenvalue weighted by molar-refractivity contribution is 0.112. The summed E-state index contributed by atoms with van der Waals surface area (Å²) >= 11 is 12.8. The molecule has 0 saturated heterocycles. The fraction of sp³-hybridized carbons (Fsp3) is 0.174. The molecule has 0 amide bonds. The zero-order valence-corrected chi connectivity index (χ0v) is 17.5. The molecule has 0 bridgehead atoms. The highest BCUT2D eigenvalue weighted by Crippen LogP contribution is 2.35. The molecule has 0 aliphatic heterocycles. The predicted molar refractivity (Wildman–Crippen MR) is 117 cm³/mol. The smallest absolute Gasteiger partial charge is 0.153 e. The Bertz CT molecular complexity index is 1040. The van der Waals surface area contributed by atoms with Gasteiger partial charge in [0, 0.05) is 30.2 Å². The van der Waals surface area contributed by atoms with E-state index in [1.54, 1.807) is 0 Å². The van der Waals surface area contributed by atoms with Gasteiger partial charge in [-0.05, 0) is 23.8 Å². The molecular weight excluding hydrogens is 427 g/mol. The number of phenolic OH excluding ortho intramolecular Hbond substituents is 1. The molecule has 2 N–H and O–H groups in total. The predicted octanol–water partition coefficient (Wildman–Crippen LogP) is 5.52. The highest BCUT2D eigenvalue weighted by Gasteiger charge is 2.12. The van der Waals surface area contributed by atoms with Crippen molar-refractivity contribution in [2.24, 2.45) is 0 Å². The number of carbonyl (C=O) groups is 1. The molecule has 3 rings (SSSR count). The maximum atomic E-state index is 10.9. The maximum Gasteiger partial charge on any atom is 0.153 e. The summed E-state index contributed by atoms with van der Waals surface area (Å²) in [6, 6.07) is 15.8. The number of benzene rings is 3. The van der Waals surface area contributed by atoms with Crippen LogP contribution in [0.2, 0.25) is 10.0 Å². The third-order valence-corrected chi connectivity index (χ3v) is 5.13. The molecule has 0 saturated carbocycles. The Hall–Kier alpha value is -2.73. The molecule has 0 heterocycles. The minimum atomic E-state index is -0.206. The minimum Gasteiger partial charge on any atom is -0.507 e. The van der Waals surface area contributed by atoms with Gasteiger partial charge in [0.1, 0.15) is 23.9 Å². The van der Waals surface area contributed by atoms with E-state index in [0.717, 1.165) is 16.7 Å². The van der Waals surface area contributed by atoms with Crippen LogP contribution in [0.4, 0.5) is 0 Å². The van der Waals surface area contributed by atoms with Crippen LogP contribution in [-0.2, 0) is 6.61 Å². The fourth-order valence-electron chi connectivity index (χ4n) is 2.84. The van der Waals surface area contributed by atoms with Gasteiger partial charge in [0.05, 0.1) is 22.2 Å². The first kappa shape index (κ1) is 22.0. The lowest BCUT2D eigenvalue weighted by Gasteiger charge is -2.13. The Balaban J connectivity index is 1.80. The summed E-state index contributed by atoms with van der Waals surface area (Å²) in [7, 11) is 0. The largest absolute Gasteiger partial charge is 0.507 e. The molecule has 5 nitrogen and oxygen atoms in total. The van der Waals surface area contributed by atoms with E-state index in [0.29, 0.717) is 30.1 Å². The molecule has 3 aromatic rings. The van der Waals surface area contributed by atoms with Crippen LogP contribution in [0.3, 0.4) is 0 Å². The summed E-state index contributed by atoms with van der Waals surface area (Å²) in [6.45, 7) is 0.629. The van der Waals surface area contributed by atoms with Crippen molar-refractivity contribution in [3.63, 3.8) is 0 Å². The van der Waals surface area contributed by atoms with Crippen LogP contribution < -0.4 is 9.47 Å². The van der Waals surface area contributed by atoms with Crippen molar-refractivity contribution >= 4 is 29.5 Å². The number of aldehydes is 1. The summed E-state index contributed by atoms with van der Waals surface area (Å²) < 4.78 is 11.4. The number of halogens is 2. The van der Waals surface area contributed by atoms with Crippen molar-refractivity contribution in [3.05, 3.63) is 75.8 Å². The van der Waals surface area contributed by atoms with E-state index in [1.165, 1.54) is 12.1 Å². The van der Waals surface area contributed by atoms with Crippen LogP contribution in [0.5, 0.6) is 17.2 Å². The lowest BCUT2D eigenvalue weighted by Crippen LogP contribution is -2.00. The van der Waals surface area contributed by atoms with Crippen molar-refractivity contribution in [2.75, 3.05) is 13.2 Å². The number of aliphatic hydroxyl groups excluding tert-OH is 1. The fourth-order valence-corrected chi connectivity index (χ4v) is 3.36. The van der Waals surface area contributed by atoms with Gasteiger partial charge in [-0.25, -0.2) is 0 Å². The molecule has 156 valence electrons. The van der Waals surface area contributed by atoms with Crippen LogP contribution in [0.15, 0.2) is 54.6 Å². The average Bonchev–Trinajstić information content (AvgIpc) is 2.75. The highest BCUT2D eigenvalue weighted by atomic mass is 35.5. The summed E-state index contributed by atoms with van der Waals surface area (Å²) in [5.41, 5.74) is 2.52. The first-order valence-electron chi connectivity index (χ1n) is 9.25. The number of ether oxygens (including phenoxy) is 2. The van der Waals surface area contributed by atoms with Gasteiger partial charge in [-0.3, -0.25) is 4.79 Å². The molecular formula is C23H20Cl2O5. The van der Waals surface area contributed by atoms with Crippen LogP contribution in [0, 0.1) is 0 Å². The van der Waals surface area contributed by atoms with E-state index in [-0.39, 0.29) is 35.3 Å². The number of rotatable bonds is 9. The summed E-state index contributed by atoms with van der Waals surface area (Å²) in [5.74, 6) is 0.735. The van der Waals surface area contributed by atoms with Crippen molar-refractivity contribution < 1.29 is 24.5 Å². The molecule has 0 radical (unpaired) electrons. The van der Waals surface area contributed by atoms with Gasteiger partial charge in [-0.15, -0.1) is 0 Å². The monoisotopic (exact) mass is 446 g/mol. The number of aromatic hydroxyl groups is 1. The first-order chi connectivity index (χ1) is 14.5. The highest BCUT2D eigenvalue weighted by molar-refractivity contribution is 6.34. The molecule has 0 aromatic heterocycles. The van der Waals surface area contributed by atoms with Crippen molar-refractivity contribution in [2.45, 2.75) is 13.0 Å². The first-order valence-corrected chi connectivity index (χ1v) is 10.0. The Morgan fingerprint density at radius 1 is 1.00 bits per heavy atom. The maximum absolute atomic E-state index is 10.9. The molecule has 3 aromatic carbocycles. The third-order valence-electron chi connectivity index (χ3n) is 4.39. The Morgan fingerprint density at radius 3 is 2.57 bits per heavy atom. The average molecular weight is 447 g/mol. The zero-order valence-electron chi connectivity index (χ0n) is 16.0. The lowest BCUT2D eigenvalue weighted by atomic mass is 10.0. The van der Waals surface area contributed by atoms with E-state index < -0.39 is 0 Å². The van der Waals surface area contributed by atoms with Crippen LogP contribution in [0.25, 0.3) is 11.1 Å². The van der Waals surface area contributed by atoms with E-state index in [2.05, 4.69) is 0 Å². The van der Waals surface area contributed by atoms with Crippen LogP contribution in [-0.4, -0.2) is 29.7 Å². The molecule has 0 aliphatic rings. The molecule has 0 atom stereocenters. The third kappa shape index (κ3) is 5.25. The van der Waals surface area contributed by atoms with Gasteiger partial charge in [-0.1, -0.05) is 53.5 Å². The number of carbonyl (C=O) groups excluding carboxylic acids is 1. The Morgan fingerprint density at radius 2 is 1.80 bits per heavy atom. The van der Waals surface area contributed by atoms with E-state index in [4.69, 9.17) is 37.8 Å².